The predicted octanol–water partition coefficient (Wildman–Crippen LogP) is 3.49. The molecule has 1 amide bonds. The summed E-state index contributed by atoms with van der Waals surface area (Å²) < 4.78 is 16.1. The van der Waals surface area contributed by atoms with Crippen LogP contribution in [0, 0.1) is 0 Å². The Morgan fingerprint density at radius 3 is 2.48 bits per heavy atom. The molecule has 0 saturated carbocycles. The van der Waals surface area contributed by atoms with E-state index in [4.69, 9.17) is 14.2 Å². The molecule has 0 spiro atoms. The van der Waals surface area contributed by atoms with Crippen molar-refractivity contribution in [2.45, 2.75) is 58.7 Å². The number of carbonyl (C=O) groups excluding carboxylic acids is 1. The van der Waals surface area contributed by atoms with Crippen LogP contribution in [0.25, 0.3) is 0 Å². The van der Waals surface area contributed by atoms with Gasteiger partial charge in [-0.25, -0.2) is 4.79 Å². The minimum atomic E-state index is -0.498. The molecule has 25 heavy (non-hydrogen) atoms. The first-order valence-electron chi connectivity index (χ1n) is 8.70. The number of methoxy groups -OCH3 is 2. The Hall–Kier alpha value is -1.95. The fraction of sp³-hybridized carbons (Fsp3) is 0.632. The molecule has 0 unspecified atom stereocenters. The highest BCUT2D eigenvalue weighted by molar-refractivity contribution is 5.68. The molecule has 0 heterocycles. The number of alkyl carbamates (subject to hydrolysis) is 1. The van der Waals surface area contributed by atoms with Gasteiger partial charge in [-0.1, -0.05) is 25.5 Å². The zero-order chi connectivity index (χ0) is 18.9. The molecule has 1 aromatic rings. The fourth-order valence-electron chi connectivity index (χ4n) is 2.52. The number of hydrogen-bond acceptors (Lipinski definition) is 5. The van der Waals surface area contributed by atoms with Crippen molar-refractivity contribution < 1.29 is 19.0 Å². The third-order valence-electron chi connectivity index (χ3n) is 3.55. The summed E-state index contributed by atoms with van der Waals surface area (Å²) in [7, 11) is 3.25. The van der Waals surface area contributed by atoms with Crippen LogP contribution in [0.4, 0.5) is 4.79 Å². The zero-order valence-corrected chi connectivity index (χ0v) is 16.3. The van der Waals surface area contributed by atoms with E-state index in [1.807, 2.05) is 39.0 Å². The lowest BCUT2D eigenvalue weighted by atomic mass is 10.1. The second-order valence-electron chi connectivity index (χ2n) is 6.92. The molecule has 142 valence electrons. The number of nitrogens with one attached hydrogen (secondary N) is 2. The molecule has 0 aliphatic rings. The molecule has 1 atom stereocenters. The first-order chi connectivity index (χ1) is 11.8. The Labute approximate surface area is 151 Å². The van der Waals surface area contributed by atoms with Crippen molar-refractivity contribution in [1.82, 2.24) is 10.6 Å². The number of carbonyl (C=O) groups is 1. The van der Waals surface area contributed by atoms with Crippen molar-refractivity contribution in [3.05, 3.63) is 23.8 Å². The Morgan fingerprint density at radius 1 is 1.20 bits per heavy atom. The molecule has 1 rings (SSSR count). The van der Waals surface area contributed by atoms with E-state index in [0.29, 0.717) is 18.8 Å². The molecule has 0 aliphatic heterocycles. The van der Waals surface area contributed by atoms with Gasteiger partial charge < -0.3 is 24.8 Å². The second kappa shape index (κ2) is 10.1. The largest absolute Gasteiger partial charge is 0.493 e. The molecule has 0 aliphatic carbocycles. The molecular weight excluding hydrogens is 320 g/mol. The van der Waals surface area contributed by atoms with Gasteiger partial charge in [-0.2, -0.15) is 0 Å². The maximum atomic E-state index is 12.0. The number of amides is 1. The lowest BCUT2D eigenvalue weighted by Crippen LogP contribution is -2.44. The van der Waals surface area contributed by atoms with Crippen molar-refractivity contribution >= 4 is 6.09 Å². The van der Waals surface area contributed by atoms with E-state index >= 15 is 0 Å². The highest BCUT2D eigenvalue weighted by Gasteiger charge is 2.19. The molecule has 2 N–H and O–H groups in total. The van der Waals surface area contributed by atoms with Crippen molar-refractivity contribution in [1.29, 1.82) is 0 Å². The van der Waals surface area contributed by atoms with Crippen LogP contribution in [0.15, 0.2) is 18.2 Å². The van der Waals surface area contributed by atoms with Gasteiger partial charge in [-0.15, -0.1) is 0 Å². The van der Waals surface area contributed by atoms with Crippen LogP contribution >= 0.6 is 0 Å². The molecule has 0 bridgehead atoms. The van der Waals surface area contributed by atoms with E-state index in [0.717, 1.165) is 24.2 Å². The number of rotatable bonds is 9. The van der Waals surface area contributed by atoms with Gasteiger partial charge in [0.15, 0.2) is 11.5 Å². The Bertz CT molecular complexity index is 541. The quantitative estimate of drug-likeness (QED) is 0.712. The van der Waals surface area contributed by atoms with Gasteiger partial charge in [-0.3, -0.25) is 0 Å². The van der Waals surface area contributed by atoms with E-state index in [9.17, 15) is 4.79 Å². The van der Waals surface area contributed by atoms with Crippen LogP contribution < -0.4 is 20.1 Å². The predicted molar refractivity (Wildman–Crippen MR) is 99.3 cm³/mol. The third kappa shape index (κ3) is 7.65. The van der Waals surface area contributed by atoms with Crippen LogP contribution in [0.1, 0.15) is 46.1 Å². The van der Waals surface area contributed by atoms with Crippen molar-refractivity contribution in [2.75, 3.05) is 20.8 Å². The van der Waals surface area contributed by atoms with E-state index in [1.165, 1.54) is 0 Å². The SMILES string of the molecule is CCC[C@@H](CNCc1cccc(OC)c1OC)NC(=O)OC(C)(C)C. The number of ether oxygens (including phenoxy) is 3. The van der Waals surface area contributed by atoms with Gasteiger partial charge in [0.2, 0.25) is 0 Å². The summed E-state index contributed by atoms with van der Waals surface area (Å²) >= 11 is 0. The van der Waals surface area contributed by atoms with Gasteiger partial charge in [0.25, 0.3) is 0 Å². The maximum Gasteiger partial charge on any atom is 0.407 e. The third-order valence-corrected chi connectivity index (χ3v) is 3.55. The van der Waals surface area contributed by atoms with E-state index in [-0.39, 0.29) is 12.1 Å². The highest BCUT2D eigenvalue weighted by Crippen LogP contribution is 2.30. The minimum Gasteiger partial charge on any atom is -0.493 e. The minimum absolute atomic E-state index is 0.0106. The van der Waals surface area contributed by atoms with Gasteiger partial charge in [-0.05, 0) is 33.3 Å². The van der Waals surface area contributed by atoms with Crippen molar-refractivity contribution in [3.63, 3.8) is 0 Å². The van der Waals surface area contributed by atoms with E-state index in [1.54, 1.807) is 14.2 Å². The lowest BCUT2D eigenvalue weighted by molar-refractivity contribution is 0.0501. The van der Waals surface area contributed by atoms with Crippen molar-refractivity contribution in [3.8, 4) is 11.5 Å². The second-order valence-corrected chi connectivity index (χ2v) is 6.92. The van der Waals surface area contributed by atoms with Crippen molar-refractivity contribution in [2.24, 2.45) is 0 Å². The average molecular weight is 352 g/mol. The lowest BCUT2D eigenvalue weighted by Gasteiger charge is -2.24. The fourth-order valence-corrected chi connectivity index (χ4v) is 2.52. The Kier molecular flexibility index (Phi) is 8.55. The van der Waals surface area contributed by atoms with Gasteiger partial charge in [0, 0.05) is 24.7 Å². The van der Waals surface area contributed by atoms with Gasteiger partial charge >= 0.3 is 6.09 Å². The molecule has 1 aromatic carbocycles. The molecule has 0 fully saturated rings. The highest BCUT2D eigenvalue weighted by atomic mass is 16.6. The summed E-state index contributed by atoms with van der Waals surface area (Å²) in [6.45, 7) is 8.93. The summed E-state index contributed by atoms with van der Waals surface area (Å²) in [6.07, 6.45) is 1.47. The van der Waals surface area contributed by atoms with E-state index in [2.05, 4.69) is 17.6 Å². The van der Waals surface area contributed by atoms with Crippen LogP contribution in [-0.2, 0) is 11.3 Å². The molecule has 0 saturated heterocycles. The molecular formula is C19H32N2O4. The average Bonchev–Trinajstić information content (AvgIpc) is 2.52. The molecule has 0 radical (unpaired) electrons. The first-order valence-corrected chi connectivity index (χ1v) is 8.70. The summed E-state index contributed by atoms with van der Waals surface area (Å²) in [6, 6.07) is 5.80. The molecule has 6 nitrogen and oxygen atoms in total. The number of benzene rings is 1. The van der Waals surface area contributed by atoms with Crippen LogP contribution in [0.5, 0.6) is 11.5 Å². The summed E-state index contributed by atoms with van der Waals surface area (Å²) in [5.74, 6) is 1.43. The van der Waals surface area contributed by atoms with Gasteiger partial charge in [0.05, 0.1) is 14.2 Å². The number of para-hydroxylation sites is 1. The zero-order valence-electron chi connectivity index (χ0n) is 16.3. The normalized spacial score (nSPS) is 12.4. The Morgan fingerprint density at radius 2 is 1.92 bits per heavy atom. The molecule has 0 aromatic heterocycles. The Balaban J connectivity index is 2.60. The van der Waals surface area contributed by atoms with Crippen LogP contribution in [-0.4, -0.2) is 38.5 Å². The monoisotopic (exact) mass is 352 g/mol. The molecule has 6 heteroatoms. The summed E-state index contributed by atoms with van der Waals surface area (Å²) in [4.78, 5) is 12.0. The summed E-state index contributed by atoms with van der Waals surface area (Å²) in [5, 5.41) is 6.31. The van der Waals surface area contributed by atoms with E-state index < -0.39 is 5.60 Å². The van der Waals surface area contributed by atoms with Gasteiger partial charge in [0.1, 0.15) is 5.60 Å². The number of hydrogen-bond donors (Lipinski definition) is 2. The standard InChI is InChI=1S/C19H32N2O4/c1-7-9-15(21-18(22)25-19(2,3)4)13-20-12-14-10-8-11-16(23-5)17(14)24-6/h8,10-11,15,20H,7,9,12-13H2,1-6H3,(H,21,22)/t15-/m0/s1. The van der Waals surface area contributed by atoms with Crippen LogP contribution in [0.3, 0.4) is 0 Å². The topological polar surface area (TPSA) is 68.8 Å². The maximum absolute atomic E-state index is 12.0. The summed E-state index contributed by atoms with van der Waals surface area (Å²) in [5.41, 5.74) is 0.511. The first kappa shape index (κ1) is 21.1. The smallest absolute Gasteiger partial charge is 0.407 e. The van der Waals surface area contributed by atoms with Crippen LogP contribution in [0.2, 0.25) is 0 Å².